The highest BCUT2D eigenvalue weighted by Crippen LogP contribution is 2.31. The molecule has 1 aromatic rings. The van der Waals surface area contributed by atoms with Crippen LogP contribution >= 0.6 is 22.6 Å². The van der Waals surface area contributed by atoms with E-state index in [2.05, 4.69) is 0 Å². The Bertz CT molecular complexity index is 445. The van der Waals surface area contributed by atoms with Crippen LogP contribution in [0.4, 0.5) is 5.69 Å². The number of benzene rings is 1. The van der Waals surface area contributed by atoms with Crippen molar-refractivity contribution in [1.29, 1.82) is 0 Å². The molecule has 0 aromatic heterocycles. The van der Waals surface area contributed by atoms with E-state index in [1.165, 1.54) is 19.1 Å². The van der Waals surface area contributed by atoms with Crippen LogP contribution in [0.5, 0.6) is 5.75 Å². The smallest absolute Gasteiger partial charge is 0.283 e. The van der Waals surface area contributed by atoms with Crippen molar-refractivity contribution < 1.29 is 14.5 Å². The molecule has 0 N–H and O–H groups in total. The van der Waals surface area contributed by atoms with Gasteiger partial charge in [-0.25, -0.2) is 0 Å². The number of carbonyl (C=O) groups excluding carboxylic acids is 1. The van der Waals surface area contributed by atoms with Crippen LogP contribution in [0.3, 0.4) is 0 Å². The summed E-state index contributed by atoms with van der Waals surface area (Å²) in [4.78, 5) is 21.6. The molecule has 0 aliphatic carbocycles. The largest absolute Gasteiger partial charge is 0.493 e. The van der Waals surface area contributed by atoms with Crippen molar-refractivity contribution in [3.8, 4) is 5.75 Å². The zero-order valence-corrected chi connectivity index (χ0v) is 11.0. The highest BCUT2D eigenvalue weighted by molar-refractivity contribution is 14.1. The van der Waals surface area contributed by atoms with E-state index in [0.717, 1.165) is 0 Å². The lowest BCUT2D eigenvalue weighted by molar-refractivity contribution is -0.385. The van der Waals surface area contributed by atoms with Gasteiger partial charge >= 0.3 is 0 Å². The molecule has 0 amide bonds. The maximum atomic E-state index is 11.4. The summed E-state index contributed by atoms with van der Waals surface area (Å²) in [5, 5.41) is 10.7. The Labute approximate surface area is 106 Å². The Morgan fingerprint density at radius 1 is 1.56 bits per heavy atom. The zero-order chi connectivity index (χ0) is 12.3. The van der Waals surface area contributed by atoms with Crippen LogP contribution in [0, 0.1) is 13.7 Å². The third-order valence-corrected chi connectivity index (χ3v) is 3.02. The molecule has 0 spiro atoms. The first-order chi connectivity index (χ1) is 7.49. The summed E-state index contributed by atoms with van der Waals surface area (Å²) < 4.78 is 5.59. The first-order valence-corrected chi connectivity index (χ1v) is 5.67. The zero-order valence-electron chi connectivity index (χ0n) is 8.82. The fraction of sp³-hybridized carbons (Fsp3) is 0.300. The first-order valence-electron chi connectivity index (χ1n) is 4.59. The van der Waals surface area contributed by atoms with Gasteiger partial charge in [-0.2, -0.15) is 0 Å². The number of ether oxygens (including phenoxy) is 1. The molecule has 16 heavy (non-hydrogen) atoms. The third-order valence-electron chi connectivity index (χ3n) is 1.93. The lowest BCUT2D eigenvalue weighted by atomic mass is 10.1. The van der Waals surface area contributed by atoms with E-state index in [1.54, 1.807) is 29.5 Å². The summed E-state index contributed by atoms with van der Waals surface area (Å²) in [6.07, 6.45) is 0. The molecule has 0 bridgehead atoms. The average Bonchev–Trinajstić information content (AvgIpc) is 2.17. The predicted molar refractivity (Wildman–Crippen MR) is 67.0 cm³/mol. The molecule has 0 atom stereocenters. The summed E-state index contributed by atoms with van der Waals surface area (Å²) in [5.74, 6) is 0.154. The van der Waals surface area contributed by atoms with Gasteiger partial charge in [-0.05, 0) is 42.5 Å². The third kappa shape index (κ3) is 2.49. The molecule has 0 saturated heterocycles. The van der Waals surface area contributed by atoms with Gasteiger partial charge in [0.15, 0.2) is 5.78 Å². The number of hydrogen-bond acceptors (Lipinski definition) is 4. The highest BCUT2D eigenvalue weighted by atomic mass is 127. The molecule has 5 nitrogen and oxygen atoms in total. The second-order valence-electron chi connectivity index (χ2n) is 3.02. The van der Waals surface area contributed by atoms with E-state index in [1.807, 2.05) is 0 Å². The SMILES string of the molecule is CCOc1ccc([N+](=O)[O-])c(I)c1C(C)=O. The normalized spacial score (nSPS) is 9.94. The Morgan fingerprint density at radius 2 is 2.19 bits per heavy atom. The summed E-state index contributed by atoms with van der Waals surface area (Å²) in [5.41, 5.74) is 0.200. The second-order valence-corrected chi connectivity index (χ2v) is 4.10. The van der Waals surface area contributed by atoms with E-state index in [4.69, 9.17) is 4.74 Å². The van der Waals surface area contributed by atoms with Gasteiger partial charge in [-0.15, -0.1) is 0 Å². The Morgan fingerprint density at radius 3 is 2.62 bits per heavy atom. The number of halogens is 1. The van der Waals surface area contributed by atoms with Crippen molar-refractivity contribution in [3.05, 3.63) is 31.4 Å². The molecule has 0 fully saturated rings. The quantitative estimate of drug-likeness (QED) is 0.367. The summed E-state index contributed by atoms with van der Waals surface area (Å²) in [6.45, 7) is 3.57. The number of Topliss-reactive ketones (excluding diaryl/α,β-unsaturated/α-hetero) is 1. The number of ketones is 1. The van der Waals surface area contributed by atoms with E-state index in [9.17, 15) is 14.9 Å². The van der Waals surface area contributed by atoms with Crippen molar-refractivity contribution in [2.24, 2.45) is 0 Å². The minimum atomic E-state index is -0.510. The molecule has 1 rings (SSSR count). The van der Waals surface area contributed by atoms with Gasteiger partial charge in [-0.3, -0.25) is 14.9 Å². The Kier molecular flexibility index (Phi) is 4.22. The topological polar surface area (TPSA) is 69.4 Å². The predicted octanol–water partition coefficient (Wildman–Crippen LogP) is 2.80. The maximum Gasteiger partial charge on any atom is 0.283 e. The fourth-order valence-corrected chi connectivity index (χ4v) is 2.31. The van der Waals surface area contributed by atoms with Crippen LogP contribution < -0.4 is 4.74 Å². The van der Waals surface area contributed by atoms with Crippen LogP contribution in [0.15, 0.2) is 12.1 Å². The molecule has 0 aliphatic rings. The first kappa shape index (κ1) is 12.9. The van der Waals surface area contributed by atoms with Gasteiger partial charge in [0.2, 0.25) is 0 Å². The van der Waals surface area contributed by atoms with E-state index < -0.39 is 4.92 Å². The van der Waals surface area contributed by atoms with E-state index >= 15 is 0 Å². The van der Waals surface area contributed by atoms with Crippen molar-refractivity contribution in [3.63, 3.8) is 0 Å². The lowest BCUT2D eigenvalue weighted by Crippen LogP contribution is -2.05. The van der Waals surface area contributed by atoms with E-state index in [0.29, 0.717) is 15.9 Å². The number of rotatable bonds is 4. The summed E-state index contributed by atoms with van der Waals surface area (Å²) in [6, 6.07) is 2.81. The molecular weight excluding hydrogens is 325 g/mol. The van der Waals surface area contributed by atoms with Crippen molar-refractivity contribution >= 4 is 34.1 Å². The number of carbonyl (C=O) groups is 1. The molecule has 0 unspecified atom stereocenters. The fourth-order valence-electron chi connectivity index (χ4n) is 1.29. The van der Waals surface area contributed by atoms with Gasteiger partial charge < -0.3 is 4.74 Å². The van der Waals surface area contributed by atoms with Crippen LogP contribution in [0.2, 0.25) is 0 Å². The van der Waals surface area contributed by atoms with Crippen LogP contribution in [-0.4, -0.2) is 17.3 Å². The van der Waals surface area contributed by atoms with Crippen LogP contribution in [-0.2, 0) is 0 Å². The lowest BCUT2D eigenvalue weighted by Gasteiger charge is -2.09. The molecule has 1 aromatic carbocycles. The number of nitrogens with zero attached hydrogens (tertiary/aromatic N) is 1. The average molecular weight is 335 g/mol. The van der Waals surface area contributed by atoms with Gasteiger partial charge in [0.25, 0.3) is 5.69 Å². The standard InChI is InChI=1S/C10H10INO4/c1-3-16-8-5-4-7(12(14)15)10(11)9(8)6(2)13/h4-5H,3H2,1-2H3. The van der Waals surface area contributed by atoms with Crippen molar-refractivity contribution in [2.45, 2.75) is 13.8 Å². The van der Waals surface area contributed by atoms with Crippen LogP contribution in [0.1, 0.15) is 24.2 Å². The Hall–Kier alpha value is -1.18. The van der Waals surface area contributed by atoms with Gasteiger partial charge in [0, 0.05) is 6.07 Å². The number of hydrogen-bond donors (Lipinski definition) is 0. The molecule has 86 valence electrons. The van der Waals surface area contributed by atoms with Gasteiger partial charge in [0.05, 0.1) is 17.1 Å². The molecule has 0 aliphatic heterocycles. The van der Waals surface area contributed by atoms with E-state index in [-0.39, 0.29) is 17.0 Å². The molecule has 6 heteroatoms. The van der Waals surface area contributed by atoms with Crippen LogP contribution in [0.25, 0.3) is 0 Å². The molecule has 0 heterocycles. The number of nitro groups is 1. The van der Waals surface area contributed by atoms with Crippen molar-refractivity contribution in [1.82, 2.24) is 0 Å². The minimum Gasteiger partial charge on any atom is -0.493 e. The van der Waals surface area contributed by atoms with Gasteiger partial charge in [-0.1, -0.05) is 0 Å². The number of nitro benzene ring substituents is 1. The van der Waals surface area contributed by atoms with Crippen molar-refractivity contribution in [2.75, 3.05) is 6.61 Å². The Balaban J connectivity index is 3.41. The molecular formula is C10H10INO4. The highest BCUT2D eigenvalue weighted by Gasteiger charge is 2.22. The minimum absolute atomic E-state index is 0.0748. The summed E-state index contributed by atoms with van der Waals surface area (Å²) >= 11 is 1.79. The monoisotopic (exact) mass is 335 g/mol. The second kappa shape index (κ2) is 5.24. The molecule has 0 radical (unpaired) electrons. The van der Waals surface area contributed by atoms with Gasteiger partial charge in [0.1, 0.15) is 9.32 Å². The maximum absolute atomic E-state index is 11.4. The summed E-state index contributed by atoms with van der Waals surface area (Å²) in [7, 11) is 0. The molecule has 0 saturated carbocycles.